The molecule has 0 aliphatic heterocycles. The first-order chi connectivity index (χ1) is 23.1. The molecule has 2 heterocycles. The first-order valence-corrected chi connectivity index (χ1v) is 15.5. The van der Waals surface area contributed by atoms with Crippen molar-refractivity contribution in [3.05, 3.63) is 131 Å². The van der Waals surface area contributed by atoms with Crippen LogP contribution in [0.15, 0.2) is 91.1 Å². The largest absolute Gasteiger partial charge is 0.465 e. The second-order valence-electron chi connectivity index (χ2n) is 10.8. The van der Waals surface area contributed by atoms with E-state index in [1.807, 2.05) is 18.0 Å². The number of carbonyl (C=O) groups excluding carboxylic acids is 3. The van der Waals surface area contributed by atoms with Crippen molar-refractivity contribution >= 4 is 45.6 Å². The topological polar surface area (TPSA) is 139 Å². The van der Waals surface area contributed by atoms with Gasteiger partial charge in [-0.3, -0.25) is 14.7 Å². The first kappa shape index (κ1) is 33.7. The number of halogens is 2. The van der Waals surface area contributed by atoms with E-state index in [1.54, 1.807) is 60.7 Å². The number of hydrogen-bond acceptors (Lipinski definition) is 8. The Labute approximate surface area is 279 Å². The van der Waals surface area contributed by atoms with Gasteiger partial charge in [0.2, 0.25) is 0 Å². The number of rotatable bonds is 12. The molecule has 0 bridgehead atoms. The smallest absolute Gasteiger partial charge is 0.339 e. The maximum absolute atomic E-state index is 14.6. The number of carbonyl (C=O) groups is 3. The Hall–Kier alpha value is -5.66. The Balaban J connectivity index is 1.56. The molecule has 0 aliphatic carbocycles. The van der Waals surface area contributed by atoms with E-state index in [-0.39, 0.29) is 18.7 Å². The SMILES string of the molecule is COC(=O)c1ccc(CN(C)Cc2c(-c3ccc(NC(N)=O)cc3)sc(NCc3c(F)cccc3F)c2C(=O)Nc2ccccc2)nc1. The summed E-state index contributed by atoms with van der Waals surface area (Å²) >= 11 is 1.26. The van der Waals surface area contributed by atoms with Crippen molar-refractivity contribution in [2.45, 2.75) is 19.6 Å². The fourth-order valence-electron chi connectivity index (χ4n) is 5.01. The number of nitrogens with zero attached hydrogens (tertiary/aromatic N) is 2. The summed E-state index contributed by atoms with van der Waals surface area (Å²) in [5.41, 5.74) is 8.85. The molecule has 5 rings (SSSR count). The zero-order valence-corrected chi connectivity index (χ0v) is 26.9. The lowest BCUT2D eigenvalue weighted by Crippen LogP contribution is -2.22. The number of esters is 1. The zero-order valence-electron chi connectivity index (χ0n) is 26.1. The number of thiophene rings is 1. The Bertz CT molecular complexity index is 1900. The van der Waals surface area contributed by atoms with E-state index in [1.165, 1.54) is 42.8 Å². The highest BCUT2D eigenvalue weighted by atomic mass is 32.1. The predicted molar refractivity (Wildman–Crippen MR) is 182 cm³/mol. The molecule has 5 N–H and O–H groups in total. The average Bonchev–Trinajstić information content (AvgIpc) is 3.42. The van der Waals surface area contributed by atoms with E-state index in [9.17, 15) is 23.2 Å². The van der Waals surface area contributed by atoms with Gasteiger partial charge < -0.3 is 26.4 Å². The molecule has 48 heavy (non-hydrogen) atoms. The molecule has 3 amide bonds. The van der Waals surface area contributed by atoms with Crippen LogP contribution in [0.1, 0.15) is 37.5 Å². The van der Waals surface area contributed by atoms with Crippen LogP contribution in [0.5, 0.6) is 0 Å². The predicted octanol–water partition coefficient (Wildman–Crippen LogP) is 6.86. The third-order valence-corrected chi connectivity index (χ3v) is 8.51. The van der Waals surface area contributed by atoms with Gasteiger partial charge in [-0.15, -0.1) is 11.3 Å². The van der Waals surface area contributed by atoms with Crippen molar-refractivity contribution in [2.75, 3.05) is 30.1 Å². The molecule has 0 fully saturated rings. The van der Waals surface area contributed by atoms with E-state index >= 15 is 0 Å². The van der Waals surface area contributed by atoms with Gasteiger partial charge in [-0.1, -0.05) is 36.4 Å². The van der Waals surface area contributed by atoms with Crippen LogP contribution in [0.3, 0.4) is 0 Å². The van der Waals surface area contributed by atoms with Crippen LogP contribution in [0, 0.1) is 11.6 Å². The van der Waals surface area contributed by atoms with E-state index in [0.29, 0.717) is 45.3 Å². The molecule has 2 aromatic heterocycles. The highest BCUT2D eigenvalue weighted by molar-refractivity contribution is 7.20. The zero-order chi connectivity index (χ0) is 34.2. The van der Waals surface area contributed by atoms with Crippen molar-refractivity contribution in [1.29, 1.82) is 0 Å². The number of pyridine rings is 1. The molecule has 13 heteroatoms. The van der Waals surface area contributed by atoms with Gasteiger partial charge >= 0.3 is 12.0 Å². The fraction of sp³-hybridized carbons (Fsp3) is 0.143. The van der Waals surface area contributed by atoms with E-state index in [4.69, 9.17) is 10.5 Å². The Morgan fingerprint density at radius 2 is 1.54 bits per heavy atom. The summed E-state index contributed by atoms with van der Waals surface area (Å²) < 4.78 is 34.0. The molecule has 5 aromatic rings. The van der Waals surface area contributed by atoms with E-state index in [0.717, 1.165) is 10.4 Å². The summed E-state index contributed by atoms with van der Waals surface area (Å²) in [6, 6.07) is 22.2. The lowest BCUT2D eigenvalue weighted by molar-refractivity contribution is 0.0600. The number of aromatic nitrogens is 1. The van der Waals surface area contributed by atoms with Crippen molar-refractivity contribution in [3.8, 4) is 10.4 Å². The van der Waals surface area contributed by atoms with Crippen LogP contribution in [0.4, 0.5) is 30.0 Å². The number of methoxy groups -OCH3 is 1. The van der Waals surface area contributed by atoms with E-state index in [2.05, 4.69) is 20.9 Å². The maximum atomic E-state index is 14.6. The maximum Gasteiger partial charge on any atom is 0.339 e. The van der Waals surface area contributed by atoms with Gasteiger partial charge in [-0.05, 0) is 66.7 Å². The van der Waals surface area contributed by atoms with Crippen LogP contribution in [-0.4, -0.2) is 41.9 Å². The minimum absolute atomic E-state index is 0.163. The minimum Gasteiger partial charge on any atom is -0.465 e. The van der Waals surface area contributed by atoms with Crippen molar-refractivity contribution in [1.82, 2.24) is 9.88 Å². The quantitative estimate of drug-likeness (QED) is 0.106. The molecule has 0 aliphatic rings. The number of urea groups is 1. The highest BCUT2D eigenvalue weighted by Gasteiger charge is 2.26. The molecular weight excluding hydrogens is 638 g/mol. The third-order valence-electron chi connectivity index (χ3n) is 7.27. The van der Waals surface area contributed by atoms with Crippen molar-refractivity contribution in [2.24, 2.45) is 5.73 Å². The van der Waals surface area contributed by atoms with Gasteiger partial charge in [-0.25, -0.2) is 18.4 Å². The van der Waals surface area contributed by atoms with Gasteiger partial charge in [0, 0.05) is 47.6 Å². The molecule has 0 unspecified atom stereocenters. The summed E-state index contributed by atoms with van der Waals surface area (Å²) in [6.45, 7) is 0.416. The van der Waals surface area contributed by atoms with Gasteiger partial charge in [0.25, 0.3) is 5.91 Å². The van der Waals surface area contributed by atoms with Gasteiger partial charge in [0.1, 0.15) is 16.6 Å². The normalized spacial score (nSPS) is 10.9. The van der Waals surface area contributed by atoms with E-state index < -0.39 is 29.5 Å². The minimum atomic E-state index is -0.710. The number of nitrogens with two attached hydrogens (primary N) is 1. The summed E-state index contributed by atoms with van der Waals surface area (Å²) in [6.07, 6.45) is 1.44. The second-order valence-corrected chi connectivity index (χ2v) is 11.8. The Kier molecular flexibility index (Phi) is 10.7. The number of amides is 3. The monoisotopic (exact) mass is 670 g/mol. The Morgan fingerprint density at radius 1 is 0.854 bits per heavy atom. The number of hydrogen-bond donors (Lipinski definition) is 4. The van der Waals surface area contributed by atoms with Gasteiger partial charge in [0.05, 0.1) is 23.9 Å². The van der Waals surface area contributed by atoms with Crippen molar-refractivity contribution < 1.29 is 27.9 Å². The molecule has 0 atom stereocenters. The lowest BCUT2D eigenvalue weighted by Gasteiger charge is -2.19. The highest BCUT2D eigenvalue weighted by Crippen LogP contribution is 2.42. The van der Waals surface area contributed by atoms with Gasteiger partial charge in [0.15, 0.2) is 0 Å². The molecule has 246 valence electrons. The summed E-state index contributed by atoms with van der Waals surface area (Å²) in [4.78, 5) is 44.4. The van der Waals surface area contributed by atoms with Crippen LogP contribution in [0.2, 0.25) is 0 Å². The number of para-hydroxylation sites is 1. The molecule has 0 saturated heterocycles. The lowest BCUT2D eigenvalue weighted by atomic mass is 10.0. The molecular formula is C35H32F2N6O4S. The standard InChI is InChI=1S/C35H32F2N6O4S/c1-43(19-25-16-13-22(17-39-25)34(45)47-2)20-27-30(32(44)41-23-7-4-3-5-8-23)33(40-18-26-28(36)9-6-10-29(26)37)48-31(27)21-11-14-24(15-12-21)42-35(38)46/h3-17,40H,18-20H2,1-2H3,(H,41,44)(H3,38,42,46). The number of benzene rings is 3. The number of ether oxygens (including phenoxy) is 1. The molecule has 3 aromatic carbocycles. The summed E-state index contributed by atoms with van der Waals surface area (Å²) in [7, 11) is 3.16. The molecule has 0 radical (unpaired) electrons. The fourth-order valence-corrected chi connectivity index (χ4v) is 6.22. The number of anilines is 3. The van der Waals surface area contributed by atoms with Crippen LogP contribution in [0.25, 0.3) is 10.4 Å². The summed E-state index contributed by atoms with van der Waals surface area (Å²) in [5, 5.41) is 9.01. The molecule has 10 nitrogen and oxygen atoms in total. The number of nitrogens with one attached hydrogen (secondary N) is 3. The van der Waals surface area contributed by atoms with Crippen LogP contribution in [-0.2, 0) is 24.4 Å². The first-order valence-electron chi connectivity index (χ1n) is 14.7. The van der Waals surface area contributed by atoms with Gasteiger partial charge in [-0.2, -0.15) is 0 Å². The molecule has 0 saturated carbocycles. The average molecular weight is 671 g/mol. The van der Waals surface area contributed by atoms with Crippen LogP contribution < -0.4 is 21.7 Å². The van der Waals surface area contributed by atoms with Crippen LogP contribution >= 0.6 is 11.3 Å². The molecule has 0 spiro atoms. The third kappa shape index (κ3) is 8.18. The summed E-state index contributed by atoms with van der Waals surface area (Å²) in [5.74, 6) is -2.33. The van der Waals surface area contributed by atoms with Crippen molar-refractivity contribution in [3.63, 3.8) is 0 Å². The second kappa shape index (κ2) is 15.3. The Morgan fingerprint density at radius 3 is 2.17 bits per heavy atom. The number of primary amides is 1.